The van der Waals surface area contributed by atoms with Crippen LogP contribution < -0.4 is 15.8 Å². The highest BCUT2D eigenvalue weighted by Crippen LogP contribution is 2.30. The Labute approximate surface area is 109 Å². The Morgan fingerprint density at radius 1 is 1.22 bits per heavy atom. The molecule has 0 aliphatic heterocycles. The second-order valence-corrected chi connectivity index (χ2v) is 4.11. The fraction of sp³-hybridized carbons (Fsp3) is 0.0769. The van der Waals surface area contributed by atoms with E-state index in [0.29, 0.717) is 27.8 Å². The largest absolute Gasteiger partial charge is 0.495 e. The van der Waals surface area contributed by atoms with Crippen molar-refractivity contribution in [3.8, 4) is 5.75 Å². The maximum Gasteiger partial charge on any atom is 0.143 e. The maximum atomic E-state index is 13.1. The lowest BCUT2D eigenvalue weighted by atomic mass is 10.2. The number of anilines is 3. The number of halogens is 2. The van der Waals surface area contributed by atoms with E-state index in [2.05, 4.69) is 5.32 Å². The molecule has 0 aliphatic carbocycles. The molecule has 0 heterocycles. The molecule has 2 rings (SSSR count). The van der Waals surface area contributed by atoms with Crippen LogP contribution in [0, 0.1) is 5.82 Å². The summed E-state index contributed by atoms with van der Waals surface area (Å²) in [4.78, 5) is 0. The van der Waals surface area contributed by atoms with E-state index >= 15 is 0 Å². The number of hydrogen-bond donors (Lipinski definition) is 2. The molecule has 3 nitrogen and oxygen atoms in total. The van der Waals surface area contributed by atoms with Crippen molar-refractivity contribution in [2.45, 2.75) is 0 Å². The van der Waals surface area contributed by atoms with Crippen LogP contribution in [0.2, 0.25) is 5.02 Å². The predicted molar refractivity (Wildman–Crippen MR) is 72.1 cm³/mol. The lowest BCUT2D eigenvalue weighted by Crippen LogP contribution is -1.96. The van der Waals surface area contributed by atoms with E-state index in [1.165, 1.54) is 25.3 Å². The van der Waals surface area contributed by atoms with Crippen molar-refractivity contribution < 1.29 is 9.13 Å². The van der Waals surface area contributed by atoms with Gasteiger partial charge < -0.3 is 15.8 Å². The van der Waals surface area contributed by atoms with Crippen LogP contribution in [0.4, 0.5) is 21.5 Å². The molecule has 0 spiro atoms. The average Bonchev–Trinajstić information content (AvgIpc) is 2.36. The summed E-state index contributed by atoms with van der Waals surface area (Å²) in [6.45, 7) is 0. The van der Waals surface area contributed by atoms with E-state index < -0.39 is 0 Å². The molecule has 0 aliphatic rings. The number of methoxy groups -OCH3 is 1. The smallest absolute Gasteiger partial charge is 0.143 e. The van der Waals surface area contributed by atoms with Crippen LogP contribution in [0.5, 0.6) is 5.75 Å². The first-order valence-corrected chi connectivity index (χ1v) is 5.63. The van der Waals surface area contributed by atoms with Crippen molar-refractivity contribution in [3.63, 3.8) is 0 Å². The minimum absolute atomic E-state index is 0.357. The van der Waals surface area contributed by atoms with Crippen LogP contribution in [0.15, 0.2) is 36.4 Å². The summed E-state index contributed by atoms with van der Waals surface area (Å²) in [7, 11) is 1.53. The summed E-state index contributed by atoms with van der Waals surface area (Å²) in [5, 5.41) is 3.44. The standard InChI is InChI=1S/C13H12ClFN2O/c1-18-13-7-9(3-5-11(13)16)17-12-6-8(15)2-4-10(12)14/h2-7,17H,16H2,1H3. The number of nitrogens with two attached hydrogens (primary N) is 1. The zero-order chi connectivity index (χ0) is 13.1. The Bertz CT molecular complexity index is 575. The molecule has 3 N–H and O–H groups in total. The number of ether oxygens (including phenoxy) is 1. The number of nitrogens with one attached hydrogen (secondary N) is 1. The SMILES string of the molecule is COc1cc(Nc2cc(F)ccc2Cl)ccc1N. The van der Waals surface area contributed by atoms with Gasteiger partial charge in [-0.05, 0) is 30.3 Å². The zero-order valence-electron chi connectivity index (χ0n) is 9.71. The van der Waals surface area contributed by atoms with Crippen molar-refractivity contribution in [2.24, 2.45) is 0 Å². The van der Waals surface area contributed by atoms with Crippen LogP contribution in [0.3, 0.4) is 0 Å². The van der Waals surface area contributed by atoms with Crippen molar-refractivity contribution in [3.05, 3.63) is 47.2 Å². The number of benzene rings is 2. The molecule has 5 heteroatoms. The molecule has 18 heavy (non-hydrogen) atoms. The second-order valence-electron chi connectivity index (χ2n) is 3.71. The van der Waals surface area contributed by atoms with Crippen LogP contribution in [-0.4, -0.2) is 7.11 Å². The van der Waals surface area contributed by atoms with Crippen molar-refractivity contribution >= 4 is 28.7 Å². The summed E-state index contributed by atoms with van der Waals surface area (Å²) in [6, 6.07) is 9.31. The number of hydrogen-bond acceptors (Lipinski definition) is 3. The highest BCUT2D eigenvalue weighted by molar-refractivity contribution is 6.33. The van der Waals surface area contributed by atoms with E-state index in [4.69, 9.17) is 22.1 Å². The Morgan fingerprint density at radius 3 is 2.72 bits per heavy atom. The summed E-state index contributed by atoms with van der Waals surface area (Å²) < 4.78 is 18.2. The minimum atomic E-state index is -0.357. The first-order chi connectivity index (χ1) is 8.60. The van der Waals surface area contributed by atoms with Crippen LogP contribution in [0.1, 0.15) is 0 Å². The van der Waals surface area contributed by atoms with Gasteiger partial charge in [0.2, 0.25) is 0 Å². The topological polar surface area (TPSA) is 47.3 Å². The minimum Gasteiger partial charge on any atom is -0.495 e. The normalized spacial score (nSPS) is 10.2. The van der Waals surface area contributed by atoms with Gasteiger partial charge in [0.15, 0.2) is 0 Å². The molecule has 0 atom stereocenters. The molecule has 0 aromatic heterocycles. The van der Waals surface area contributed by atoms with Gasteiger partial charge in [0.1, 0.15) is 11.6 Å². The van der Waals surface area contributed by atoms with Crippen molar-refractivity contribution in [1.82, 2.24) is 0 Å². The van der Waals surface area contributed by atoms with E-state index in [-0.39, 0.29) is 5.82 Å². The van der Waals surface area contributed by atoms with E-state index in [0.717, 1.165) is 0 Å². The summed E-state index contributed by atoms with van der Waals surface area (Å²) >= 11 is 5.97. The van der Waals surface area contributed by atoms with Gasteiger partial charge in [-0.3, -0.25) is 0 Å². The number of nitrogen functional groups attached to an aromatic ring is 1. The van der Waals surface area contributed by atoms with Crippen molar-refractivity contribution in [2.75, 3.05) is 18.2 Å². The van der Waals surface area contributed by atoms with Gasteiger partial charge in [0.05, 0.1) is 23.5 Å². The third kappa shape index (κ3) is 2.65. The molecule has 94 valence electrons. The quantitative estimate of drug-likeness (QED) is 0.831. The Kier molecular flexibility index (Phi) is 3.58. The molecule has 0 bridgehead atoms. The Balaban J connectivity index is 2.31. The zero-order valence-corrected chi connectivity index (χ0v) is 10.5. The average molecular weight is 267 g/mol. The van der Waals surface area contributed by atoms with Gasteiger partial charge >= 0.3 is 0 Å². The summed E-state index contributed by atoms with van der Waals surface area (Å²) in [5.41, 5.74) is 7.45. The monoisotopic (exact) mass is 266 g/mol. The summed E-state index contributed by atoms with van der Waals surface area (Å²) in [5.74, 6) is 0.192. The Hall–Kier alpha value is -1.94. The van der Waals surface area contributed by atoms with Gasteiger partial charge in [-0.25, -0.2) is 4.39 Å². The van der Waals surface area contributed by atoms with Crippen LogP contribution in [-0.2, 0) is 0 Å². The second kappa shape index (κ2) is 5.14. The Morgan fingerprint density at radius 2 is 2.00 bits per heavy atom. The molecule has 0 fully saturated rings. The number of rotatable bonds is 3. The van der Waals surface area contributed by atoms with Gasteiger partial charge in [-0.1, -0.05) is 11.6 Å². The lowest BCUT2D eigenvalue weighted by molar-refractivity contribution is 0.417. The third-order valence-corrected chi connectivity index (χ3v) is 2.77. The molecule has 2 aromatic carbocycles. The van der Waals surface area contributed by atoms with E-state index in [1.54, 1.807) is 18.2 Å². The first kappa shape index (κ1) is 12.5. The van der Waals surface area contributed by atoms with Gasteiger partial charge in [0.25, 0.3) is 0 Å². The van der Waals surface area contributed by atoms with E-state index in [9.17, 15) is 4.39 Å². The predicted octanol–water partition coefficient (Wildman–Crippen LogP) is 3.81. The van der Waals surface area contributed by atoms with E-state index in [1.807, 2.05) is 0 Å². The molecule has 0 radical (unpaired) electrons. The fourth-order valence-electron chi connectivity index (χ4n) is 1.54. The molecule has 2 aromatic rings. The molecule has 0 amide bonds. The highest BCUT2D eigenvalue weighted by atomic mass is 35.5. The maximum absolute atomic E-state index is 13.1. The highest BCUT2D eigenvalue weighted by Gasteiger charge is 2.05. The molecular formula is C13H12ClFN2O. The fourth-order valence-corrected chi connectivity index (χ4v) is 1.70. The van der Waals surface area contributed by atoms with Crippen LogP contribution >= 0.6 is 11.6 Å². The lowest BCUT2D eigenvalue weighted by Gasteiger charge is -2.11. The van der Waals surface area contributed by atoms with Gasteiger partial charge in [-0.15, -0.1) is 0 Å². The van der Waals surface area contributed by atoms with Crippen LogP contribution in [0.25, 0.3) is 0 Å². The van der Waals surface area contributed by atoms with Crippen molar-refractivity contribution in [1.29, 1.82) is 0 Å². The molecule has 0 saturated carbocycles. The summed E-state index contributed by atoms with van der Waals surface area (Å²) in [6.07, 6.45) is 0. The molecule has 0 unspecified atom stereocenters. The third-order valence-electron chi connectivity index (χ3n) is 2.44. The first-order valence-electron chi connectivity index (χ1n) is 5.26. The molecular weight excluding hydrogens is 255 g/mol. The van der Waals surface area contributed by atoms with Gasteiger partial charge in [0, 0.05) is 11.8 Å². The van der Waals surface area contributed by atoms with Gasteiger partial charge in [-0.2, -0.15) is 0 Å². The molecule has 0 saturated heterocycles.